The fourth-order valence-electron chi connectivity index (χ4n) is 3.39. The minimum Gasteiger partial charge on any atom is -0.480 e. The molecular weight excluding hydrogens is 362 g/mol. The molecule has 1 aromatic carbocycles. The number of nitrogens with zero attached hydrogens (tertiary/aromatic N) is 1. The third kappa shape index (κ3) is 5.52. The summed E-state index contributed by atoms with van der Waals surface area (Å²) >= 11 is 0. The normalized spacial score (nSPS) is 17.6. The Kier molecular flexibility index (Phi) is 6.38. The number of rotatable bonds is 8. The third-order valence-corrected chi connectivity index (χ3v) is 5.04. The van der Waals surface area contributed by atoms with Crippen LogP contribution < -0.4 is 0 Å². The molecular formula is C17H23NO7S. The zero-order chi connectivity index (χ0) is 19.4. The minimum atomic E-state index is -4.93. The van der Waals surface area contributed by atoms with Crippen LogP contribution in [0.4, 0.5) is 0 Å². The summed E-state index contributed by atoms with van der Waals surface area (Å²) in [5, 5.41) is 9.18. The van der Waals surface area contributed by atoms with Gasteiger partial charge in [-0.1, -0.05) is 43.2 Å². The van der Waals surface area contributed by atoms with Crippen molar-refractivity contribution in [2.75, 3.05) is 6.54 Å². The molecule has 2 rings (SSSR count). The van der Waals surface area contributed by atoms with Crippen LogP contribution in [0, 0.1) is 0 Å². The Bertz CT molecular complexity index is 744. The maximum atomic E-state index is 13.1. The Morgan fingerprint density at radius 2 is 1.81 bits per heavy atom. The number of benzene rings is 1. The van der Waals surface area contributed by atoms with Crippen LogP contribution in [0.15, 0.2) is 30.3 Å². The summed E-state index contributed by atoms with van der Waals surface area (Å²) in [5.74, 6) is -1.97. The Labute approximate surface area is 152 Å². The number of amides is 1. The quantitative estimate of drug-likeness (QED) is 0.653. The second kappa shape index (κ2) is 8.15. The molecule has 1 aromatic rings. The van der Waals surface area contributed by atoms with Crippen molar-refractivity contribution < 1.29 is 31.8 Å². The van der Waals surface area contributed by atoms with Crippen LogP contribution in [0.1, 0.15) is 38.2 Å². The van der Waals surface area contributed by atoms with Gasteiger partial charge in [0.1, 0.15) is 6.54 Å². The summed E-state index contributed by atoms with van der Waals surface area (Å²) in [6.45, 7) is 0.697. The molecule has 144 valence electrons. The first-order chi connectivity index (χ1) is 12.1. The summed E-state index contributed by atoms with van der Waals surface area (Å²) in [7, 11) is -4.93. The Balaban J connectivity index is 2.37. The van der Waals surface area contributed by atoms with Crippen molar-refractivity contribution >= 4 is 22.3 Å². The first kappa shape index (κ1) is 20.3. The molecule has 0 saturated heterocycles. The van der Waals surface area contributed by atoms with Gasteiger partial charge in [-0.05, 0) is 25.3 Å². The van der Waals surface area contributed by atoms with Crippen molar-refractivity contribution in [1.82, 2.24) is 4.90 Å². The van der Waals surface area contributed by atoms with Crippen LogP contribution in [-0.4, -0.2) is 53.0 Å². The number of aliphatic carboxylic acids is 1. The van der Waals surface area contributed by atoms with Gasteiger partial charge in [0, 0.05) is 12.5 Å². The van der Waals surface area contributed by atoms with Gasteiger partial charge < -0.3 is 10.0 Å². The molecule has 8 nitrogen and oxygen atoms in total. The van der Waals surface area contributed by atoms with Crippen molar-refractivity contribution in [1.29, 1.82) is 0 Å². The van der Waals surface area contributed by atoms with Crippen LogP contribution in [0.2, 0.25) is 0 Å². The first-order valence-corrected chi connectivity index (χ1v) is 9.72. The van der Waals surface area contributed by atoms with Crippen molar-refractivity contribution in [3.05, 3.63) is 35.9 Å². The highest BCUT2D eigenvalue weighted by molar-refractivity contribution is 7.81. The summed E-state index contributed by atoms with van der Waals surface area (Å²) < 4.78 is 36.6. The predicted octanol–water partition coefficient (Wildman–Crippen LogP) is 1.66. The molecule has 0 bridgehead atoms. The minimum absolute atomic E-state index is 0.130. The molecule has 1 saturated carbocycles. The molecule has 1 aliphatic carbocycles. The smallest absolute Gasteiger partial charge is 0.398 e. The summed E-state index contributed by atoms with van der Waals surface area (Å²) in [6, 6.07) is 8.30. The van der Waals surface area contributed by atoms with Crippen LogP contribution >= 0.6 is 0 Å². The summed E-state index contributed by atoms with van der Waals surface area (Å²) in [5.41, 5.74) is -1.33. The lowest BCUT2D eigenvalue weighted by Gasteiger charge is -2.35. The van der Waals surface area contributed by atoms with Crippen LogP contribution in [-0.2, 0) is 30.6 Å². The highest BCUT2D eigenvalue weighted by atomic mass is 32.3. The second-order valence-electron chi connectivity index (χ2n) is 6.67. The maximum Gasteiger partial charge on any atom is 0.398 e. The van der Waals surface area contributed by atoms with Crippen LogP contribution in [0.5, 0.6) is 0 Å². The lowest BCUT2D eigenvalue weighted by molar-refractivity contribution is -0.155. The molecule has 0 aromatic heterocycles. The number of hydrogen-bond donors (Lipinski definition) is 2. The van der Waals surface area contributed by atoms with Gasteiger partial charge in [0.15, 0.2) is 5.60 Å². The van der Waals surface area contributed by atoms with E-state index in [0.29, 0.717) is 18.4 Å². The fourth-order valence-corrected chi connectivity index (χ4v) is 3.99. The van der Waals surface area contributed by atoms with E-state index in [0.717, 1.165) is 17.7 Å². The van der Waals surface area contributed by atoms with Crippen molar-refractivity contribution in [3.8, 4) is 0 Å². The lowest BCUT2D eigenvalue weighted by atomic mass is 9.94. The van der Waals surface area contributed by atoms with Crippen LogP contribution in [0.25, 0.3) is 0 Å². The number of carbonyl (C=O) groups is 2. The standard InChI is InChI=1S/C17H23NO7S/c1-17(25-26(22,23)24,11-13-7-3-2-4-8-13)16(21)18(12-15(19)20)14-9-5-6-10-14/h2-4,7-8,14H,5-6,9-12H2,1H3,(H,19,20)(H,22,23,24). The number of carboxylic acid groups (broad SMARTS) is 1. The van der Waals surface area contributed by atoms with Gasteiger partial charge in [0.25, 0.3) is 5.91 Å². The van der Waals surface area contributed by atoms with Gasteiger partial charge in [-0.25, -0.2) is 4.18 Å². The first-order valence-electron chi connectivity index (χ1n) is 8.35. The molecule has 1 fully saturated rings. The van der Waals surface area contributed by atoms with E-state index in [1.54, 1.807) is 30.3 Å². The van der Waals surface area contributed by atoms with E-state index in [4.69, 9.17) is 4.18 Å². The molecule has 2 N–H and O–H groups in total. The monoisotopic (exact) mass is 385 g/mol. The Morgan fingerprint density at radius 3 is 2.31 bits per heavy atom. The van der Waals surface area contributed by atoms with Crippen molar-refractivity contribution in [2.45, 2.75) is 50.7 Å². The molecule has 9 heteroatoms. The maximum absolute atomic E-state index is 13.1. The van der Waals surface area contributed by atoms with Crippen LogP contribution in [0.3, 0.4) is 0 Å². The summed E-state index contributed by atoms with van der Waals surface area (Å²) in [6.07, 6.45) is 2.89. The van der Waals surface area contributed by atoms with E-state index in [2.05, 4.69) is 0 Å². The van der Waals surface area contributed by atoms with E-state index < -0.39 is 34.4 Å². The highest BCUT2D eigenvalue weighted by Crippen LogP contribution is 2.29. The molecule has 26 heavy (non-hydrogen) atoms. The fraction of sp³-hybridized carbons (Fsp3) is 0.529. The van der Waals surface area contributed by atoms with Crippen molar-refractivity contribution in [2.24, 2.45) is 0 Å². The van der Waals surface area contributed by atoms with Gasteiger partial charge >= 0.3 is 16.4 Å². The molecule has 1 atom stereocenters. The van der Waals surface area contributed by atoms with Gasteiger partial charge in [-0.15, -0.1) is 0 Å². The zero-order valence-electron chi connectivity index (χ0n) is 14.5. The second-order valence-corrected chi connectivity index (χ2v) is 7.69. The van der Waals surface area contributed by atoms with E-state index in [1.807, 2.05) is 0 Å². The van der Waals surface area contributed by atoms with E-state index in [9.17, 15) is 27.7 Å². The third-order valence-electron chi connectivity index (χ3n) is 4.46. The van der Waals surface area contributed by atoms with E-state index >= 15 is 0 Å². The molecule has 0 spiro atoms. The highest BCUT2D eigenvalue weighted by Gasteiger charge is 2.44. The van der Waals surface area contributed by atoms with E-state index in [1.165, 1.54) is 6.92 Å². The SMILES string of the molecule is CC(Cc1ccccc1)(OS(=O)(=O)O)C(=O)N(CC(=O)O)C1CCCC1. The molecule has 0 heterocycles. The molecule has 0 radical (unpaired) electrons. The van der Waals surface area contributed by atoms with E-state index in [-0.39, 0.29) is 12.5 Å². The Morgan fingerprint density at radius 1 is 1.23 bits per heavy atom. The predicted molar refractivity (Wildman–Crippen MR) is 92.8 cm³/mol. The average molecular weight is 385 g/mol. The number of carboxylic acids is 1. The average Bonchev–Trinajstić information content (AvgIpc) is 3.05. The number of carbonyl (C=O) groups excluding carboxylic acids is 1. The molecule has 1 unspecified atom stereocenters. The largest absolute Gasteiger partial charge is 0.480 e. The van der Waals surface area contributed by atoms with Crippen molar-refractivity contribution in [3.63, 3.8) is 0 Å². The van der Waals surface area contributed by atoms with Gasteiger partial charge in [0.05, 0.1) is 0 Å². The van der Waals surface area contributed by atoms with Gasteiger partial charge in [0.2, 0.25) is 0 Å². The van der Waals surface area contributed by atoms with Gasteiger partial charge in [-0.2, -0.15) is 8.42 Å². The Hall–Kier alpha value is -1.97. The lowest BCUT2D eigenvalue weighted by Crippen LogP contribution is -2.55. The topological polar surface area (TPSA) is 121 Å². The number of hydrogen-bond acceptors (Lipinski definition) is 5. The zero-order valence-corrected chi connectivity index (χ0v) is 15.3. The molecule has 1 amide bonds. The molecule has 0 aliphatic heterocycles. The molecule has 1 aliphatic rings. The summed E-state index contributed by atoms with van der Waals surface area (Å²) in [4.78, 5) is 25.5. The van der Waals surface area contributed by atoms with Gasteiger partial charge in [-0.3, -0.25) is 14.1 Å².